The Labute approximate surface area is 181 Å². The fraction of sp³-hybridized carbons (Fsp3) is 0.391. The minimum absolute atomic E-state index is 0.0482. The molecule has 1 fully saturated rings. The first-order valence-electron chi connectivity index (χ1n) is 10.7. The quantitative estimate of drug-likeness (QED) is 0.630. The van der Waals surface area contributed by atoms with E-state index in [1.54, 1.807) is 30.9 Å². The minimum Gasteiger partial charge on any atom is -0.385 e. The Morgan fingerprint density at radius 1 is 1.16 bits per heavy atom. The summed E-state index contributed by atoms with van der Waals surface area (Å²) in [6.45, 7) is 2.91. The second kappa shape index (κ2) is 8.75. The average molecular weight is 421 g/mol. The third-order valence-corrected chi connectivity index (χ3v) is 5.62. The van der Waals surface area contributed by atoms with Crippen molar-refractivity contribution in [3.8, 4) is 0 Å². The number of rotatable bonds is 6. The van der Waals surface area contributed by atoms with E-state index in [0.29, 0.717) is 17.0 Å². The first-order valence-corrected chi connectivity index (χ1v) is 10.7. The molecule has 0 aliphatic heterocycles. The average Bonchev–Trinajstić information content (AvgIpc) is 3.28. The van der Waals surface area contributed by atoms with Gasteiger partial charge >= 0.3 is 0 Å². The van der Waals surface area contributed by atoms with E-state index >= 15 is 0 Å². The summed E-state index contributed by atoms with van der Waals surface area (Å²) in [5.74, 6) is 0.114. The van der Waals surface area contributed by atoms with Gasteiger partial charge in [-0.1, -0.05) is 12.8 Å². The van der Waals surface area contributed by atoms with E-state index in [1.165, 1.54) is 4.90 Å². The number of carbonyl (C=O) groups is 1. The van der Waals surface area contributed by atoms with Crippen LogP contribution in [-0.2, 0) is 0 Å². The number of nitrogens with one attached hydrogen (secondary N) is 2. The highest BCUT2D eigenvalue weighted by Gasteiger charge is 2.25. The number of hydrogen-bond acceptors (Lipinski definition) is 6. The van der Waals surface area contributed by atoms with Gasteiger partial charge in [-0.05, 0) is 50.1 Å². The number of carbonyl (C=O) groups excluding carboxylic acids is 1. The van der Waals surface area contributed by atoms with Gasteiger partial charge in [-0.3, -0.25) is 14.2 Å². The summed E-state index contributed by atoms with van der Waals surface area (Å²) < 4.78 is 1.71. The molecule has 162 valence electrons. The molecule has 0 spiro atoms. The summed E-state index contributed by atoms with van der Waals surface area (Å²) in [6, 6.07) is 9.54. The fourth-order valence-corrected chi connectivity index (χ4v) is 4.08. The lowest BCUT2D eigenvalue weighted by Crippen LogP contribution is -2.34. The van der Waals surface area contributed by atoms with E-state index < -0.39 is 0 Å². The predicted molar refractivity (Wildman–Crippen MR) is 123 cm³/mol. The van der Waals surface area contributed by atoms with Crippen molar-refractivity contribution in [3.63, 3.8) is 0 Å². The molecule has 1 aliphatic carbocycles. The molecular formula is C23H28N6O2. The molecule has 1 saturated carbocycles. The van der Waals surface area contributed by atoms with Crippen LogP contribution in [0.4, 0.5) is 17.3 Å². The van der Waals surface area contributed by atoms with Crippen LogP contribution in [0.1, 0.15) is 49.0 Å². The Balaban J connectivity index is 1.77. The SMILES string of the molecule is CCNc1ccc(Nc2ncc3cc(C(=O)N(C)C)c(=O)n(C4CCCC4)c3n2)cc1. The summed E-state index contributed by atoms with van der Waals surface area (Å²) >= 11 is 0. The van der Waals surface area contributed by atoms with Crippen molar-refractivity contribution in [2.24, 2.45) is 0 Å². The number of anilines is 3. The maximum atomic E-state index is 13.3. The summed E-state index contributed by atoms with van der Waals surface area (Å²) in [4.78, 5) is 36.5. The largest absolute Gasteiger partial charge is 0.385 e. The van der Waals surface area contributed by atoms with Crippen LogP contribution in [0.2, 0.25) is 0 Å². The van der Waals surface area contributed by atoms with Gasteiger partial charge in [0.05, 0.1) is 0 Å². The Bertz CT molecular complexity index is 1150. The van der Waals surface area contributed by atoms with Gasteiger partial charge in [0.25, 0.3) is 11.5 Å². The molecule has 0 saturated heterocycles. The van der Waals surface area contributed by atoms with Crippen molar-refractivity contribution < 1.29 is 4.79 Å². The lowest BCUT2D eigenvalue weighted by atomic mass is 10.1. The standard InChI is InChI=1S/C23H28N6O2/c1-4-24-16-9-11-17(12-10-16)26-23-25-14-15-13-19(21(30)28(2)3)22(31)29(20(15)27-23)18-7-5-6-8-18/h9-14,18,24H,4-8H2,1-3H3,(H,25,26,27). The minimum atomic E-state index is -0.304. The maximum absolute atomic E-state index is 13.3. The molecular weight excluding hydrogens is 392 g/mol. The maximum Gasteiger partial charge on any atom is 0.265 e. The fourth-order valence-electron chi connectivity index (χ4n) is 4.08. The van der Waals surface area contributed by atoms with Crippen LogP contribution in [0.25, 0.3) is 11.0 Å². The predicted octanol–water partition coefficient (Wildman–Crippen LogP) is 3.78. The van der Waals surface area contributed by atoms with E-state index in [1.807, 2.05) is 24.3 Å². The Kier molecular flexibility index (Phi) is 5.88. The van der Waals surface area contributed by atoms with Crippen molar-refractivity contribution in [3.05, 3.63) is 52.4 Å². The Hall–Kier alpha value is -3.42. The topological polar surface area (TPSA) is 92.2 Å². The molecule has 1 amide bonds. The molecule has 0 atom stereocenters. The highest BCUT2D eigenvalue weighted by atomic mass is 16.2. The van der Waals surface area contributed by atoms with E-state index in [-0.39, 0.29) is 23.1 Å². The van der Waals surface area contributed by atoms with Crippen LogP contribution >= 0.6 is 0 Å². The number of hydrogen-bond donors (Lipinski definition) is 2. The molecule has 0 radical (unpaired) electrons. The van der Waals surface area contributed by atoms with Crippen molar-refractivity contribution in [2.45, 2.75) is 38.6 Å². The van der Waals surface area contributed by atoms with E-state index in [0.717, 1.165) is 43.6 Å². The number of amides is 1. The molecule has 3 aromatic rings. The molecule has 0 unspecified atom stereocenters. The Morgan fingerprint density at radius 2 is 1.84 bits per heavy atom. The smallest absolute Gasteiger partial charge is 0.265 e. The molecule has 2 heterocycles. The second-order valence-electron chi connectivity index (χ2n) is 8.08. The molecule has 31 heavy (non-hydrogen) atoms. The van der Waals surface area contributed by atoms with Gasteiger partial charge in [0, 0.05) is 49.6 Å². The van der Waals surface area contributed by atoms with Crippen LogP contribution in [0.15, 0.2) is 41.3 Å². The molecule has 2 N–H and O–H groups in total. The molecule has 1 aliphatic rings. The van der Waals surface area contributed by atoms with Gasteiger partial charge in [0.2, 0.25) is 5.95 Å². The molecule has 2 aromatic heterocycles. The second-order valence-corrected chi connectivity index (χ2v) is 8.08. The molecule has 1 aromatic carbocycles. The third kappa shape index (κ3) is 4.23. The van der Waals surface area contributed by atoms with Gasteiger partial charge in [-0.15, -0.1) is 0 Å². The number of fused-ring (bicyclic) bond motifs is 1. The van der Waals surface area contributed by atoms with Gasteiger partial charge in [0.1, 0.15) is 11.2 Å². The molecule has 0 bridgehead atoms. The highest BCUT2D eigenvalue weighted by molar-refractivity contribution is 5.96. The molecule has 4 rings (SSSR count). The molecule has 8 nitrogen and oxygen atoms in total. The zero-order valence-corrected chi connectivity index (χ0v) is 18.2. The van der Waals surface area contributed by atoms with E-state index in [9.17, 15) is 9.59 Å². The summed E-state index contributed by atoms with van der Waals surface area (Å²) in [5, 5.41) is 7.16. The lowest BCUT2D eigenvalue weighted by Gasteiger charge is -2.19. The van der Waals surface area contributed by atoms with E-state index in [2.05, 4.69) is 27.5 Å². The van der Waals surface area contributed by atoms with Crippen molar-refractivity contribution in [2.75, 3.05) is 31.3 Å². The van der Waals surface area contributed by atoms with Crippen molar-refractivity contribution in [1.82, 2.24) is 19.4 Å². The number of benzene rings is 1. The lowest BCUT2D eigenvalue weighted by molar-refractivity contribution is 0.0825. The first kappa shape index (κ1) is 20.8. The van der Waals surface area contributed by atoms with Gasteiger partial charge < -0.3 is 15.5 Å². The van der Waals surface area contributed by atoms with Crippen LogP contribution < -0.4 is 16.2 Å². The number of nitrogens with zero attached hydrogens (tertiary/aromatic N) is 4. The van der Waals surface area contributed by atoms with Crippen LogP contribution in [0.5, 0.6) is 0 Å². The Morgan fingerprint density at radius 3 is 2.48 bits per heavy atom. The summed E-state index contributed by atoms with van der Waals surface area (Å²) in [7, 11) is 3.30. The van der Waals surface area contributed by atoms with E-state index in [4.69, 9.17) is 0 Å². The normalized spacial score (nSPS) is 14.0. The number of pyridine rings is 1. The van der Waals surface area contributed by atoms with Gasteiger partial charge in [-0.25, -0.2) is 4.98 Å². The summed E-state index contributed by atoms with van der Waals surface area (Å²) in [5.41, 5.74) is 2.34. The third-order valence-electron chi connectivity index (χ3n) is 5.62. The van der Waals surface area contributed by atoms with Crippen LogP contribution in [-0.4, -0.2) is 46.0 Å². The van der Waals surface area contributed by atoms with Crippen molar-refractivity contribution >= 4 is 34.3 Å². The highest BCUT2D eigenvalue weighted by Crippen LogP contribution is 2.31. The zero-order valence-electron chi connectivity index (χ0n) is 18.2. The number of aromatic nitrogens is 3. The van der Waals surface area contributed by atoms with Gasteiger partial charge in [0.15, 0.2) is 0 Å². The zero-order chi connectivity index (χ0) is 22.0. The van der Waals surface area contributed by atoms with Crippen LogP contribution in [0.3, 0.4) is 0 Å². The van der Waals surface area contributed by atoms with Crippen LogP contribution in [0, 0.1) is 0 Å². The summed E-state index contributed by atoms with van der Waals surface area (Å²) in [6.07, 6.45) is 5.63. The molecule has 8 heteroatoms. The first-order chi connectivity index (χ1) is 15.0. The monoisotopic (exact) mass is 420 g/mol. The van der Waals surface area contributed by atoms with Crippen molar-refractivity contribution in [1.29, 1.82) is 0 Å². The van der Waals surface area contributed by atoms with Gasteiger partial charge in [-0.2, -0.15) is 4.98 Å².